The summed E-state index contributed by atoms with van der Waals surface area (Å²) in [6.45, 7) is 0. The van der Waals surface area contributed by atoms with Crippen molar-refractivity contribution in [3.05, 3.63) is 29.8 Å². The zero-order valence-corrected chi connectivity index (χ0v) is 13.7. The number of benzene rings is 1. The highest BCUT2D eigenvalue weighted by atomic mass is 32.2. The number of sulfonamides is 1. The summed E-state index contributed by atoms with van der Waals surface area (Å²) in [5, 5.41) is 0. The molecule has 22 heavy (non-hydrogen) atoms. The summed E-state index contributed by atoms with van der Waals surface area (Å²) in [5.74, 6) is -0.472. The minimum Gasteiger partial charge on any atom is -0.277 e. The molecule has 0 spiro atoms. The second kappa shape index (κ2) is 7.21. The van der Waals surface area contributed by atoms with Gasteiger partial charge in [0.1, 0.15) is 0 Å². The van der Waals surface area contributed by atoms with E-state index in [9.17, 15) is 13.2 Å². The van der Waals surface area contributed by atoms with Gasteiger partial charge in [-0.3, -0.25) is 9.63 Å². The molecule has 6 nitrogen and oxygen atoms in total. The number of carbonyl (C=O) groups is 1. The molecular formula is C15H22N2O4S. The summed E-state index contributed by atoms with van der Waals surface area (Å²) in [6.07, 6.45) is 5.05. The van der Waals surface area contributed by atoms with E-state index in [4.69, 9.17) is 0 Å². The smallest absolute Gasteiger partial charge is 0.274 e. The van der Waals surface area contributed by atoms with E-state index in [0.717, 1.165) is 32.1 Å². The maximum Gasteiger partial charge on any atom is 0.274 e. The molecule has 0 aromatic heterocycles. The molecule has 1 aromatic carbocycles. The van der Waals surface area contributed by atoms with Gasteiger partial charge in [0.05, 0.1) is 12.0 Å². The summed E-state index contributed by atoms with van der Waals surface area (Å²) in [4.78, 5) is 16.4. The van der Waals surface area contributed by atoms with Crippen LogP contribution in [0.5, 0.6) is 0 Å². The first kappa shape index (κ1) is 16.9. The van der Waals surface area contributed by atoms with Crippen molar-refractivity contribution in [3.8, 4) is 0 Å². The Kier molecular flexibility index (Phi) is 5.55. The van der Waals surface area contributed by atoms with Gasteiger partial charge >= 0.3 is 0 Å². The quantitative estimate of drug-likeness (QED) is 0.839. The van der Waals surface area contributed by atoms with Crippen LogP contribution in [-0.2, 0) is 14.9 Å². The van der Waals surface area contributed by atoms with Gasteiger partial charge in [-0.1, -0.05) is 25.3 Å². The summed E-state index contributed by atoms with van der Waals surface area (Å²) >= 11 is 0. The fraction of sp³-hybridized carbons (Fsp3) is 0.533. The van der Waals surface area contributed by atoms with Gasteiger partial charge in [0.2, 0.25) is 10.0 Å². The Morgan fingerprint density at radius 2 is 1.95 bits per heavy atom. The average molecular weight is 326 g/mol. The molecule has 0 aliphatic heterocycles. The second-order valence-corrected chi connectivity index (χ2v) is 7.47. The fourth-order valence-corrected chi connectivity index (χ4v) is 4.22. The summed E-state index contributed by atoms with van der Waals surface area (Å²) < 4.78 is 26.9. The third kappa shape index (κ3) is 3.66. The van der Waals surface area contributed by atoms with Crippen LogP contribution in [0.25, 0.3) is 0 Å². The van der Waals surface area contributed by atoms with Crippen LogP contribution in [0.15, 0.2) is 29.2 Å². The third-order valence-electron chi connectivity index (χ3n) is 4.06. The van der Waals surface area contributed by atoms with E-state index in [1.165, 1.54) is 23.5 Å². The molecule has 0 saturated heterocycles. The number of hydrogen-bond acceptors (Lipinski definition) is 4. The lowest BCUT2D eigenvalue weighted by Gasteiger charge is -2.30. The zero-order chi connectivity index (χ0) is 16.2. The van der Waals surface area contributed by atoms with Crippen LogP contribution in [0.1, 0.15) is 42.5 Å². The molecule has 1 aliphatic rings. The molecule has 7 heteroatoms. The first-order chi connectivity index (χ1) is 10.5. The normalized spacial score (nSPS) is 16.7. The summed E-state index contributed by atoms with van der Waals surface area (Å²) in [7, 11) is -0.650. The Morgan fingerprint density at radius 1 is 1.27 bits per heavy atom. The zero-order valence-electron chi connectivity index (χ0n) is 12.9. The van der Waals surface area contributed by atoms with Gasteiger partial charge in [-0.05, 0) is 31.0 Å². The highest BCUT2D eigenvalue weighted by molar-refractivity contribution is 7.89. The molecule has 0 atom stereocenters. The highest BCUT2D eigenvalue weighted by Gasteiger charge is 2.29. The second-order valence-electron chi connectivity index (χ2n) is 5.48. The van der Waals surface area contributed by atoms with Crippen molar-refractivity contribution in [1.29, 1.82) is 0 Å². The first-order valence-electron chi connectivity index (χ1n) is 7.38. The van der Waals surface area contributed by atoms with Crippen LogP contribution < -0.4 is 5.48 Å². The Morgan fingerprint density at radius 3 is 2.59 bits per heavy atom. The predicted octanol–water partition coefficient (Wildman–Crippen LogP) is 1.93. The minimum atomic E-state index is -3.60. The molecule has 2 rings (SSSR count). The Balaban J connectivity index is 2.25. The van der Waals surface area contributed by atoms with Gasteiger partial charge in [0.15, 0.2) is 0 Å². The Labute approximate surface area is 131 Å². The number of carbonyl (C=O) groups excluding carboxylic acids is 1. The molecule has 0 radical (unpaired) electrons. The van der Waals surface area contributed by atoms with Crippen LogP contribution in [-0.4, -0.2) is 38.8 Å². The van der Waals surface area contributed by atoms with Gasteiger partial charge in [0.25, 0.3) is 5.91 Å². The van der Waals surface area contributed by atoms with E-state index >= 15 is 0 Å². The number of amides is 1. The Bertz CT molecular complexity index is 624. The third-order valence-corrected chi connectivity index (χ3v) is 5.96. The van der Waals surface area contributed by atoms with Crippen LogP contribution in [0.4, 0.5) is 0 Å². The summed E-state index contributed by atoms with van der Waals surface area (Å²) in [6, 6.07) is 6.04. The van der Waals surface area contributed by atoms with Crippen molar-refractivity contribution >= 4 is 15.9 Å². The number of nitrogens with one attached hydrogen (secondary N) is 1. The molecule has 1 amide bonds. The number of hydrogen-bond donors (Lipinski definition) is 1. The molecule has 1 saturated carbocycles. The number of hydroxylamine groups is 1. The van der Waals surface area contributed by atoms with Gasteiger partial charge < -0.3 is 0 Å². The van der Waals surface area contributed by atoms with Crippen molar-refractivity contribution in [2.45, 2.75) is 43.0 Å². The van der Waals surface area contributed by atoms with Crippen LogP contribution in [0.3, 0.4) is 0 Å². The van der Waals surface area contributed by atoms with E-state index in [2.05, 4.69) is 10.3 Å². The number of rotatable bonds is 5. The van der Waals surface area contributed by atoms with Crippen LogP contribution >= 0.6 is 0 Å². The van der Waals surface area contributed by atoms with Crippen molar-refractivity contribution in [2.24, 2.45) is 0 Å². The number of nitrogens with zero attached hydrogens (tertiary/aromatic N) is 1. The highest BCUT2D eigenvalue weighted by Crippen LogP contribution is 2.26. The molecule has 1 N–H and O–H groups in total. The van der Waals surface area contributed by atoms with E-state index in [-0.39, 0.29) is 16.5 Å². The minimum absolute atomic E-state index is 0.0372. The lowest BCUT2D eigenvalue weighted by Crippen LogP contribution is -2.38. The molecular weight excluding hydrogens is 304 g/mol. The van der Waals surface area contributed by atoms with Crippen LogP contribution in [0.2, 0.25) is 0 Å². The molecule has 0 heterocycles. The summed E-state index contributed by atoms with van der Waals surface area (Å²) in [5.41, 5.74) is 2.44. The average Bonchev–Trinajstić information content (AvgIpc) is 2.55. The topological polar surface area (TPSA) is 75.7 Å². The molecule has 122 valence electrons. The maximum atomic E-state index is 12.7. The first-order valence-corrected chi connectivity index (χ1v) is 8.82. The monoisotopic (exact) mass is 326 g/mol. The standard InChI is InChI=1S/C15H22N2O4S/c1-17(13-8-4-3-5-9-13)22(19,20)14-10-6-7-12(11-14)15(18)16-21-2/h6-7,10-11,13H,3-5,8-9H2,1-2H3,(H,16,18). The van der Waals surface area contributed by atoms with E-state index in [0.29, 0.717) is 0 Å². The molecule has 1 aliphatic carbocycles. The van der Waals surface area contributed by atoms with Crippen molar-refractivity contribution in [1.82, 2.24) is 9.79 Å². The van der Waals surface area contributed by atoms with E-state index in [1.807, 2.05) is 0 Å². The molecule has 1 fully saturated rings. The molecule has 0 unspecified atom stereocenters. The SMILES string of the molecule is CONC(=O)c1cccc(S(=O)(=O)N(C)C2CCCCC2)c1. The molecule has 1 aromatic rings. The van der Waals surface area contributed by atoms with Crippen molar-refractivity contribution in [2.75, 3.05) is 14.2 Å². The van der Waals surface area contributed by atoms with Gasteiger partial charge in [-0.2, -0.15) is 4.31 Å². The van der Waals surface area contributed by atoms with Gasteiger partial charge in [0, 0.05) is 18.7 Å². The van der Waals surface area contributed by atoms with Gasteiger partial charge in [-0.25, -0.2) is 13.9 Å². The van der Waals surface area contributed by atoms with E-state index in [1.54, 1.807) is 19.2 Å². The maximum absolute atomic E-state index is 12.7. The molecule has 0 bridgehead atoms. The Hall–Kier alpha value is -1.44. The lowest BCUT2D eigenvalue weighted by atomic mass is 9.96. The largest absolute Gasteiger partial charge is 0.277 e. The van der Waals surface area contributed by atoms with E-state index < -0.39 is 15.9 Å². The predicted molar refractivity (Wildman–Crippen MR) is 82.7 cm³/mol. The lowest BCUT2D eigenvalue weighted by molar-refractivity contribution is 0.0537. The van der Waals surface area contributed by atoms with Crippen LogP contribution in [0, 0.1) is 0 Å². The van der Waals surface area contributed by atoms with Crippen molar-refractivity contribution in [3.63, 3.8) is 0 Å². The van der Waals surface area contributed by atoms with Crippen molar-refractivity contribution < 1.29 is 18.0 Å². The fourth-order valence-electron chi connectivity index (χ4n) is 2.76. The van der Waals surface area contributed by atoms with Gasteiger partial charge in [-0.15, -0.1) is 0 Å².